The second-order valence-corrected chi connectivity index (χ2v) is 8.61. The SMILES string of the molecule is C=CCOc1ccc(/C=C2/SC(=O)N(CC(=O)N3CCc4ccccc4C3)C2=O)cc1OC. The van der Waals surface area contributed by atoms with Gasteiger partial charge in [-0.05, 0) is 53.1 Å². The molecule has 0 aliphatic carbocycles. The van der Waals surface area contributed by atoms with Crippen molar-refractivity contribution < 1.29 is 23.9 Å². The molecule has 33 heavy (non-hydrogen) atoms. The Morgan fingerprint density at radius 3 is 2.70 bits per heavy atom. The van der Waals surface area contributed by atoms with Gasteiger partial charge in [-0.2, -0.15) is 0 Å². The van der Waals surface area contributed by atoms with Crippen LogP contribution < -0.4 is 9.47 Å². The van der Waals surface area contributed by atoms with E-state index >= 15 is 0 Å². The maximum atomic E-state index is 12.9. The van der Waals surface area contributed by atoms with Crippen LogP contribution in [0.4, 0.5) is 4.79 Å². The van der Waals surface area contributed by atoms with E-state index in [4.69, 9.17) is 9.47 Å². The van der Waals surface area contributed by atoms with E-state index in [0.717, 1.165) is 28.6 Å². The van der Waals surface area contributed by atoms with Gasteiger partial charge in [-0.15, -0.1) is 0 Å². The smallest absolute Gasteiger partial charge is 0.294 e. The number of imide groups is 1. The Bertz CT molecular complexity index is 1140. The van der Waals surface area contributed by atoms with Crippen LogP contribution in [-0.4, -0.2) is 53.7 Å². The number of ether oxygens (including phenoxy) is 2. The van der Waals surface area contributed by atoms with Crippen LogP contribution in [0.1, 0.15) is 16.7 Å². The lowest BCUT2D eigenvalue weighted by Crippen LogP contribution is -2.44. The number of benzene rings is 2. The van der Waals surface area contributed by atoms with E-state index in [-0.39, 0.29) is 17.4 Å². The molecule has 2 aliphatic rings. The minimum absolute atomic E-state index is 0.238. The third-order valence-electron chi connectivity index (χ3n) is 5.49. The molecule has 0 saturated carbocycles. The fourth-order valence-corrected chi connectivity index (χ4v) is 4.61. The molecule has 8 heteroatoms. The highest BCUT2D eigenvalue weighted by Crippen LogP contribution is 2.34. The van der Waals surface area contributed by atoms with Gasteiger partial charge in [0.1, 0.15) is 13.2 Å². The van der Waals surface area contributed by atoms with Gasteiger partial charge in [-0.1, -0.05) is 43.0 Å². The molecule has 2 aromatic carbocycles. The lowest BCUT2D eigenvalue weighted by atomic mass is 10.00. The summed E-state index contributed by atoms with van der Waals surface area (Å²) in [5.41, 5.74) is 3.01. The Labute approximate surface area is 196 Å². The number of rotatable bonds is 7. The first-order valence-electron chi connectivity index (χ1n) is 10.5. The molecule has 170 valence electrons. The number of hydrogen-bond acceptors (Lipinski definition) is 6. The summed E-state index contributed by atoms with van der Waals surface area (Å²) < 4.78 is 10.9. The first-order valence-corrected chi connectivity index (χ1v) is 11.3. The van der Waals surface area contributed by atoms with Gasteiger partial charge in [-0.25, -0.2) is 0 Å². The number of carbonyl (C=O) groups is 3. The average Bonchev–Trinajstić information content (AvgIpc) is 3.09. The molecule has 0 atom stereocenters. The summed E-state index contributed by atoms with van der Waals surface area (Å²) in [5.74, 6) is 0.349. The van der Waals surface area contributed by atoms with Crippen LogP contribution in [0.5, 0.6) is 11.5 Å². The van der Waals surface area contributed by atoms with Crippen molar-refractivity contribution in [3.05, 3.63) is 76.7 Å². The highest BCUT2D eigenvalue weighted by atomic mass is 32.2. The number of thioether (sulfide) groups is 1. The number of methoxy groups -OCH3 is 1. The van der Waals surface area contributed by atoms with Crippen LogP contribution in [0, 0.1) is 0 Å². The Morgan fingerprint density at radius 1 is 1.15 bits per heavy atom. The van der Waals surface area contributed by atoms with Crippen LogP contribution in [0.3, 0.4) is 0 Å². The van der Waals surface area contributed by atoms with Crippen molar-refractivity contribution in [2.24, 2.45) is 0 Å². The van der Waals surface area contributed by atoms with Crippen LogP contribution in [0.2, 0.25) is 0 Å². The zero-order valence-electron chi connectivity index (χ0n) is 18.3. The normalized spacial score (nSPS) is 16.7. The number of carbonyl (C=O) groups excluding carboxylic acids is 3. The van der Waals surface area contributed by atoms with Crippen LogP contribution in [0.25, 0.3) is 6.08 Å². The summed E-state index contributed by atoms with van der Waals surface area (Å²) in [4.78, 5) is 41.2. The minimum Gasteiger partial charge on any atom is -0.493 e. The Kier molecular flexibility index (Phi) is 6.84. The Morgan fingerprint density at radius 2 is 1.94 bits per heavy atom. The summed E-state index contributed by atoms with van der Waals surface area (Å²) >= 11 is 0.828. The van der Waals surface area contributed by atoms with E-state index in [1.165, 1.54) is 12.7 Å². The molecule has 1 saturated heterocycles. The van der Waals surface area contributed by atoms with Gasteiger partial charge in [0, 0.05) is 13.1 Å². The lowest BCUT2D eigenvalue weighted by Gasteiger charge is -2.29. The van der Waals surface area contributed by atoms with Crippen LogP contribution >= 0.6 is 11.8 Å². The number of amides is 3. The molecule has 4 rings (SSSR count). The highest BCUT2D eigenvalue weighted by molar-refractivity contribution is 8.18. The first kappa shape index (κ1) is 22.7. The molecule has 0 radical (unpaired) electrons. The molecule has 2 heterocycles. The maximum Gasteiger partial charge on any atom is 0.294 e. The molecule has 2 aromatic rings. The van der Waals surface area contributed by atoms with Crippen molar-refractivity contribution in [3.63, 3.8) is 0 Å². The maximum absolute atomic E-state index is 12.9. The third-order valence-corrected chi connectivity index (χ3v) is 6.40. The summed E-state index contributed by atoms with van der Waals surface area (Å²) in [6.07, 6.45) is 4.01. The quantitative estimate of drug-likeness (QED) is 0.457. The molecule has 0 aromatic heterocycles. The van der Waals surface area contributed by atoms with Crippen LogP contribution in [0.15, 0.2) is 60.0 Å². The summed E-state index contributed by atoms with van der Waals surface area (Å²) in [7, 11) is 1.53. The second kappa shape index (κ2) is 9.95. The predicted molar refractivity (Wildman–Crippen MR) is 127 cm³/mol. The van der Waals surface area contributed by atoms with E-state index in [2.05, 4.69) is 12.6 Å². The van der Waals surface area contributed by atoms with Gasteiger partial charge in [0.15, 0.2) is 11.5 Å². The van der Waals surface area contributed by atoms with Crippen molar-refractivity contribution in [1.29, 1.82) is 0 Å². The molecule has 3 amide bonds. The van der Waals surface area contributed by atoms with Crippen molar-refractivity contribution in [3.8, 4) is 11.5 Å². The van der Waals surface area contributed by atoms with E-state index in [1.807, 2.05) is 18.2 Å². The minimum atomic E-state index is -0.471. The molecule has 1 fully saturated rings. The van der Waals surface area contributed by atoms with Gasteiger partial charge in [0.2, 0.25) is 5.91 Å². The fraction of sp³-hybridized carbons (Fsp3) is 0.240. The number of nitrogens with zero attached hydrogens (tertiary/aromatic N) is 2. The third kappa shape index (κ3) is 4.96. The molecule has 0 bridgehead atoms. The first-order chi connectivity index (χ1) is 16.0. The molecule has 0 unspecified atom stereocenters. The van der Waals surface area contributed by atoms with Crippen LogP contribution in [-0.2, 0) is 22.6 Å². The Balaban J connectivity index is 1.45. The summed E-state index contributed by atoms with van der Waals surface area (Å²) in [5, 5.41) is -0.449. The summed E-state index contributed by atoms with van der Waals surface area (Å²) in [6.45, 7) is 4.76. The van der Waals surface area contributed by atoms with E-state index in [0.29, 0.717) is 36.8 Å². The van der Waals surface area contributed by atoms with Crippen molar-refractivity contribution in [2.45, 2.75) is 13.0 Å². The second-order valence-electron chi connectivity index (χ2n) is 7.61. The fourth-order valence-electron chi connectivity index (χ4n) is 3.77. The zero-order chi connectivity index (χ0) is 23.4. The number of fused-ring (bicyclic) bond motifs is 1. The molecule has 0 spiro atoms. The monoisotopic (exact) mass is 464 g/mol. The van der Waals surface area contributed by atoms with Crippen molar-refractivity contribution in [1.82, 2.24) is 9.80 Å². The molecular weight excluding hydrogens is 440 g/mol. The molecular formula is C25H24N2O5S. The van der Waals surface area contributed by atoms with E-state index in [1.54, 1.807) is 35.3 Å². The van der Waals surface area contributed by atoms with Gasteiger partial charge in [0.25, 0.3) is 11.1 Å². The molecule has 0 N–H and O–H groups in total. The zero-order valence-corrected chi connectivity index (χ0v) is 19.1. The van der Waals surface area contributed by atoms with Gasteiger partial charge < -0.3 is 14.4 Å². The average molecular weight is 465 g/mol. The van der Waals surface area contributed by atoms with E-state index < -0.39 is 11.1 Å². The van der Waals surface area contributed by atoms with Crippen molar-refractivity contribution >= 4 is 34.9 Å². The van der Waals surface area contributed by atoms with Gasteiger partial charge >= 0.3 is 0 Å². The van der Waals surface area contributed by atoms with E-state index in [9.17, 15) is 14.4 Å². The molecule has 2 aliphatic heterocycles. The standard InChI is InChI=1S/C25H24N2O5S/c1-3-12-32-20-9-8-17(13-21(20)31-2)14-22-24(29)27(25(30)33-22)16-23(28)26-11-10-18-6-4-5-7-19(18)15-26/h3-9,13-14H,1,10-12,15-16H2,2H3/b22-14+. The summed E-state index contributed by atoms with van der Waals surface area (Å²) in [6, 6.07) is 13.2. The predicted octanol–water partition coefficient (Wildman–Crippen LogP) is 3.88. The topological polar surface area (TPSA) is 76.2 Å². The number of hydrogen-bond donors (Lipinski definition) is 0. The van der Waals surface area contributed by atoms with Gasteiger partial charge in [0.05, 0.1) is 12.0 Å². The largest absolute Gasteiger partial charge is 0.493 e. The van der Waals surface area contributed by atoms with Gasteiger partial charge in [-0.3, -0.25) is 19.3 Å². The highest BCUT2D eigenvalue weighted by Gasteiger charge is 2.37. The molecule has 7 nitrogen and oxygen atoms in total. The van der Waals surface area contributed by atoms with Crippen molar-refractivity contribution in [2.75, 3.05) is 26.8 Å². The Hall–Kier alpha value is -3.52. The lowest BCUT2D eigenvalue weighted by molar-refractivity contribution is -0.136.